The molecule has 0 aliphatic heterocycles. The van der Waals surface area contributed by atoms with Crippen LogP contribution < -0.4 is 10.6 Å². The van der Waals surface area contributed by atoms with Crippen molar-refractivity contribution in [2.45, 2.75) is 19.8 Å². The molecular weight excluding hydrogens is 332 g/mol. The minimum atomic E-state index is 0.563. The van der Waals surface area contributed by atoms with Crippen molar-refractivity contribution in [2.24, 2.45) is 0 Å². The van der Waals surface area contributed by atoms with Crippen molar-refractivity contribution in [3.8, 4) is 0 Å². The van der Waals surface area contributed by atoms with Gasteiger partial charge in [-0.1, -0.05) is 48.0 Å². The van der Waals surface area contributed by atoms with Crippen molar-refractivity contribution in [3.05, 3.63) is 76.9 Å². The van der Waals surface area contributed by atoms with Gasteiger partial charge in [-0.05, 0) is 43.5 Å². The van der Waals surface area contributed by atoms with E-state index in [4.69, 9.17) is 11.6 Å². The Morgan fingerprint density at radius 1 is 0.960 bits per heavy atom. The number of aromatic nitrogens is 2. The molecule has 5 heteroatoms. The number of nitrogens with zero attached hydrogens (tertiary/aromatic N) is 2. The molecule has 0 bridgehead atoms. The number of halogens is 1. The summed E-state index contributed by atoms with van der Waals surface area (Å²) >= 11 is 6.02. The summed E-state index contributed by atoms with van der Waals surface area (Å²) in [5.74, 6) is 1.39. The summed E-state index contributed by atoms with van der Waals surface area (Å²) in [7, 11) is 0. The van der Waals surface area contributed by atoms with Crippen molar-refractivity contribution < 1.29 is 0 Å². The van der Waals surface area contributed by atoms with Crippen molar-refractivity contribution in [2.75, 3.05) is 17.2 Å². The summed E-state index contributed by atoms with van der Waals surface area (Å²) in [6.45, 7) is 2.82. The molecule has 4 nitrogen and oxygen atoms in total. The van der Waals surface area contributed by atoms with Crippen LogP contribution in [0, 0.1) is 6.92 Å². The predicted molar refractivity (Wildman–Crippen MR) is 105 cm³/mol. The third-order valence-electron chi connectivity index (χ3n) is 3.73. The number of anilines is 3. The molecule has 1 heterocycles. The third-order valence-corrected chi connectivity index (χ3v) is 3.96. The van der Waals surface area contributed by atoms with Crippen LogP contribution in [0.3, 0.4) is 0 Å². The lowest BCUT2D eigenvalue weighted by Crippen LogP contribution is -2.07. The van der Waals surface area contributed by atoms with Crippen LogP contribution in [0.4, 0.5) is 17.5 Å². The van der Waals surface area contributed by atoms with E-state index in [-0.39, 0.29) is 0 Å². The summed E-state index contributed by atoms with van der Waals surface area (Å²) in [6, 6.07) is 20.0. The average Bonchev–Trinajstić information content (AvgIpc) is 2.59. The Balaban J connectivity index is 1.57. The molecule has 1 aromatic heterocycles. The molecule has 2 aromatic carbocycles. The van der Waals surface area contributed by atoms with E-state index in [1.807, 2.05) is 43.3 Å². The van der Waals surface area contributed by atoms with Crippen LogP contribution in [0.2, 0.25) is 5.02 Å². The first-order chi connectivity index (χ1) is 12.2. The van der Waals surface area contributed by atoms with Gasteiger partial charge in [0.05, 0.1) is 0 Å². The zero-order valence-corrected chi connectivity index (χ0v) is 14.9. The van der Waals surface area contributed by atoms with E-state index in [0.29, 0.717) is 11.0 Å². The van der Waals surface area contributed by atoms with Gasteiger partial charge in [0.1, 0.15) is 5.82 Å². The molecule has 0 spiro atoms. The zero-order valence-electron chi connectivity index (χ0n) is 14.2. The minimum Gasteiger partial charge on any atom is -0.370 e. The lowest BCUT2D eigenvalue weighted by Gasteiger charge is -2.10. The Kier molecular flexibility index (Phi) is 5.86. The highest BCUT2D eigenvalue weighted by atomic mass is 35.5. The molecule has 0 unspecified atom stereocenters. The van der Waals surface area contributed by atoms with Crippen LogP contribution in [-0.2, 0) is 6.42 Å². The summed E-state index contributed by atoms with van der Waals surface area (Å²) in [4.78, 5) is 8.96. The fourth-order valence-corrected chi connectivity index (χ4v) is 2.75. The van der Waals surface area contributed by atoms with Crippen molar-refractivity contribution in [1.29, 1.82) is 0 Å². The molecule has 0 fully saturated rings. The van der Waals surface area contributed by atoms with Gasteiger partial charge in [0, 0.05) is 29.0 Å². The van der Waals surface area contributed by atoms with Crippen LogP contribution in [-0.4, -0.2) is 16.5 Å². The highest BCUT2D eigenvalue weighted by Gasteiger charge is 2.03. The van der Waals surface area contributed by atoms with Gasteiger partial charge in [-0.15, -0.1) is 0 Å². The maximum atomic E-state index is 6.02. The number of hydrogen-bond donors (Lipinski definition) is 2. The van der Waals surface area contributed by atoms with Crippen LogP contribution in [0.1, 0.15) is 17.7 Å². The Morgan fingerprint density at radius 3 is 2.60 bits per heavy atom. The molecule has 0 saturated heterocycles. The molecule has 0 aliphatic rings. The van der Waals surface area contributed by atoms with E-state index in [9.17, 15) is 0 Å². The normalized spacial score (nSPS) is 10.5. The number of benzene rings is 2. The third kappa shape index (κ3) is 5.47. The first-order valence-electron chi connectivity index (χ1n) is 8.35. The van der Waals surface area contributed by atoms with Crippen LogP contribution in [0.25, 0.3) is 0 Å². The molecule has 0 radical (unpaired) electrons. The van der Waals surface area contributed by atoms with E-state index in [2.05, 4.69) is 44.9 Å². The largest absolute Gasteiger partial charge is 0.370 e. The van der Waals surface area contributed by atoms with Gasteiger partial charge in [-0.3, -0.25) is 0 Å². The number of nitrogens with one attached hydrogen (secondary N) is 2. The smallest absolute Gasteiger partial charge is 0.229 e. The molecule has 3 aromatic rings. The summed E-state index contributed by atoms with van der Waals surface area (Å²) in [5.41, 5.74) is 3.13. The van der Waals surface area contributed by atoms with Crippen LogP contribution in [0.15, 0.2) is 60.7 Å². The molecular formula is C20H21ClN4. The molecule has 0 saturated carbocycles. The second-order valence-corrected chi connectivity index (χ2v) is 6.31. The Hall–Kier alpha value is -2.59. The molecule has 0 atom stereocenters. The topological polar surface area (TPSA) is 49.8 Å². The molecule has 3 rings (SSSR count). The number of hydrogen-bond acceptors (Lipinski definition) is 4. The maximum absolute atomic E-state index is 6.02. The average molecular weight is 353 g/mol. The van der Waals surface area contributed by atoms with E-state index >= 15 is 0 Å². The second-order valence-electron chi connectivity index (χ2n) is 5.87. The first-order valence-corrected chi connectivity index (χ1v) is 8.73. The van der Waals surface area contributed by atoms with Crippen molar-refractivity contribution in [1.82, 2.24) is 9.97 Å². The van der Waals surface area contributed by atoms with E-state index in [1.54, 1.807) is 0 Å². The standard InChI is InChI=1S/C20H21ClN4/c1-15-13-19(22-12-6-9-16-7-3-2-4-8-16)25-20(23-15)24-18-11-5-10-17(21)14-18/h2-5,7-8,10-11,13-14H,6,9,12H2,1H3,(H2,22,23,24,25). The predicted octanol–water partition coefficient (Wildman–Crippen LogP) is 5.23. The van der Waals surface area contributed by atoms with Crippen molar-refractivity contribution >= 4 is 29.1 Å². The second kappa shape index (κ2) is 8.49. The van der Waals surface area contributed by atoms with E-state index in [0.717, 1.165) is 36.6 Å². The quantitative estimate of drug-likeness (QED) is 0.572. The van der Waals surface area contributed by atoms with Gasteiger partial charge < -0.3 is 10.6 Å². The van der Waals surface area contributed by atoms with E-state index in [1.165, 1.54) is 5.56 Å². The highest BCUT2D eigenvalue weighted by Crippen LogP contribution is 2.19. The van der Waals surface area contributed by atoms with Gasteiger partial charge in [-0.2, -0.15) is 4.98 Å². The van der Waals surface area contributed by atoms with E-state index < -0.39 is 0 Å². The van der Waals surface area contributed by atoms with Gasteiger partial charge in [0.25, 0.3) is 0 Å². The fraction of sp³-hybridized carbons (Fsp3) is 0.200. The Bertz CT molecular complexity index is 821. The van der Waals surface area contributed by atoms with Gasteiger partial charge in [0.2, 0.25) is 5.95 Å². The minimum absolute atomic E-state index is 0.563. The van der Waals surface area contributed by atoms with Crippen LogP contribution in [0.5, 0.6) is 0 Å². The Labute approximate surface area is 153 Å². The van der Waals surface area contributed by atoms with Gasteiger partial charge in [0.15, 0.2) is 0 Å². The van der Waals surface area contributed by atoms with Gasteiger partial charge in [-0.25, -0.2) is 4.98 Å². The fourth-order valence-electron chi connectivity index (χ4n) is 2.56. The van der Waals surface area contributed by atoms with Crippen molar-refractivity contribution in [3.63, 3.8) is 0 Å². The summed E-state index contributed by atoms with van der Waals surface area (Å²) in [5, 5.41) is 7.25. The maximum Gasteiger partial charge on any atom is 0.229 e. The van der Waals surface area contributed by atoms with Crippen LogP contribution >= 0.6 is 11.6 Å². The number of rotatable bonds is 7. The van der Waals surface area contributed by atoms with Gasteiger partial charge >= 0.3 is 0 Å². The molecule has 128 valence electrons. The SMILES string of the molecule is Cc1cc(NCCCc2ccccc2)nc(Nc2cccc(Cl)c2)n1. The lowest BCUT2D eigenvalue weighted by atomic mass is 10.1. The lowest BCUT2D eigenvalue weighted by molar-refractivity contribution is 0.857. The molecule has 0 amide bonds. The first kappa shape index (κ1) is 17.2. The molecule has 2 N–H and O–H groups in total. The monoisotopic (exact) mass is 352 g/mol. The highest BCUT2D eigenvalue weighted by molar-refractivity contribution is 6.30. The summed E-state index contributed by atoms with van der Waals surface area (Å²) < 4.78 is 0. The Morgan fingerprint density at radius 2 is 1.80 bits per heavy atom. The molecule has 25 heavy (non-hydrogen) atoms. The summed E-state index contributed by atoms with van der Waals surface area (Å²) in [6.07, 6.45) is 2.09. The molecule has 0 aliphatic carbocycles. The zero-order chi connectivity index (χ0) is 17.5. The number of aryl methyl sites for hydroxylation is 2.